The summed E-state index contributed by atoms with van der Waals surface area (Å²) in [6.07, 6.45) is 0. The third-order valence-corrected chi connectivity index (χ3v) is 4.77. The number of para-hydroxylation sites is 1. The van der Waals surface area contributed by atoms with E-state index < -0.39 is 11.8 Å². The normalized spacial score (nSPS) is 10.1. The first-order valence-electron chi connectivity index (χ1n) is 8.52. The van der Waals surface area contributed by atoms with Crippen molar-refractivity contribution in [1.82, 2.24) is 16.2 Å². The van der Waals surface area contributed by atoms with E-state index in [1.807, 2.05) is 26.0 Å². The smallest absolute Gasteiger partial charge is 0.276 e. The third-order valence-electron chi connectivity index (χ3n) is 3.52. The molecule has 10 heteroatoms. The van der Waals surface area contributed by atoms with Gasteiger partial charge < -0.3 is 9.47 Å². The van der Waals surface area contributed by atoms with E-state index in [0.717, 1.165) is 14.5 Å². The Labute approximate surface area is 190 Å². The third kappa shape index (κ3) is 6.98. The average molecular weight is 545 g/mol. The topological polar surface area (TPSA) is 88.7 Å². The summed E-state index contributed by atoms with van der Waals surface area (Å²) in [5.41, 5.74) is 6.04. The number of benzene rings is 2. The van der Waals surface area contributed by atoms with Crippen LogP contribution in [0.4, 0.5) is 0 Å². The summed E-state index contributed by atoms with van der Waals surface area (Å²) >= 11 is 11.8. The summed E-state index contributed by atoms with van der Waals surface area (Å²) in [7, 11) is 0. The standard InChI is InChI=1S/C19H19Br2N3O4S/c1-3-27-15-7-5-4-6-13(15)18(26)22-19(29)24-23-16(25)10-28-17-11(2)8-12(20)9-14(17)21/h4-9H,3,10H2,1-2H3,(H,23,25)(H2,22,24,26,29). The van der Waals surface area contributed by atoms with E-state index >= 15 is 0 Å². The largest absolute Gasteiger partial charge is 0.493 e. The molecule has 154 valence electrons. The van der Waals surface area contributed by atoms with Crippen molar-refractivity contribution in [1.29, 1.82) is 0 Å². The van der Waals surface area contributed by atoms with Gasteiger partial charge in [0.2, 0.25) is 0 Å². The molecular formula is C19H19Br2N3O4S. The number of thiocarbonyl (C=S) groups is 1. The number of halogens is 2. The lowest BCUT2D eigenvalue weighted by atomic mass is 10.2. The number of rotatable bonds is 6. The number of hydrazine groups is 1. The molecule has 2 rings (SSSR count). The molecule has 0 heterocycles. The molecule has 2 aromatic rings. The van der Waals surface area contributed by atoms with Gasteiger partial charge in [-0.2, -0.15) is 0 Å². The molecule has 0 spiro atoms. The van der Waals surface area contributed by atoms with E-state index in [1.165, 1.54) is 0 Å². The molecule has 0 atom stereocenters. The Morgan fingerprint density at radius 3 is 2.52 bits per heavy atom. The molecule has 0 saturated heterocycles. The summed E-state index contributed by atoms with van der Waals surface area (Å²) in [5, 5.41) is 2.42. The van der Waals surface area contributed by atoms with Crippen LogP contribution in [0.3, 0.4) is 0 Å². The van der Waals surface area contributed by atoms with Crippen molar-refractivity contribution in [3.8, 4) is 11.5 Å². The van der Waals surface area contributed by atoms with Crippen LogP contribution in [0.25, 0.3) is 0 Å². The Kier molecular flexibility index (Phi) is 8.87. The van der Waals surface area contributed by atoms with Crippen molar-refractivity contribution in [3.63, 3.8) is 0 Å². The molecule has 0 bridgehead atoms. The van der Waals surface area contributed by atoms with Gasteiger partial charge in [-0.1, -0.05) is 28.1 Å². The fraction of sp³-hybridized carbons (Fsp3) is 0.211. The van der Waals surface area contributed by atoms with E-state index in [4.69, 9.17) is 21.7 Å². The zero-order chi connectivity index (χ0) is 21.4. The highest BCUT2D eigenvalue weighted by molar-refractivity contribution is 9.11. The summed E-state index contributed by atoms with van der Waals surface area (Å²) in [6, 6.07) is 10.5. The highest BCUT2D eigenvalue weighted by Crippen LogP contribution is 2.32. The van der Waals surface area contributed by atoms with E-state index in [1.54, 1.807) is 24.3 Å². The zero-order valence-corrected chi connectivity index (χ0v) is 19.7. The Morgan fingerprint density at radius 1 is 1.10 bits per heavy atom. The number of amides is 2. The summed E-state index contributed by atoms with van der Waals surface area (Å²) in [4.78, 5) is 24.3. The molecule has 3 N–H and O–H groups in total. The van der Waals surface area contributed by atoms with Crippen molar-refractivity contribution >= 4 is 61.0 Å². The quantitative estimate of drug-likeness (QED) is 0.380. The van der Waals surface area contributed by atoms with Gasteiger partial charge in [-0.15, -0.1) is 0 Å². The van der Waals surface area contributed by atoms with Crippen molar-refractivity contribution in [2.24, 2.45) is 0 Å². The minimum absolute atomic E-state index is 0.0596. The number of nitrogens with one attached hydrogen (secondary N) is 3. The molecule has 0 radical (unpaired) electrons. The van der Waals surface area contributed by atoms with Crippen molar-refractivity contribution in [3.05, 3.63) is 56.5 Å². The Hall–Kier alpha value is -2.17. The number of carbonyl (C=O) groups excluding carboxylic acids is 2. The Bertz CT molecular complexity index is 901. The summed E-state index contributed by atoms with van der Waals surface area (Å²) < 4.78 is 12.6. The minimum atomic E-state index is -0.467. The highest BCUT2D eigenvalue weighted by atomic mass is 79.9. The lowest BCUT2D eigenvalue weighted by Gasteiger charge is -2.14. The van der Waals surface area contributed by atoms with Crippen molar-refractivity contribution in [2.45, 2.75) is 13.8 Å². The highest BCUT2D eigenvalue weighted by Gasteiger charge is 2.14. The predicted molar refractivity (Wildman–Crippen MR) is 121 cm³/mol. The molecule has 0 aliphatic heterocycles. The van der Waals surface area contributed by atoms with Crippen LogP contribution < -0.4 is 25.6 Å². The molecule has 0 aliphatic rings. The number of ether oxygens (including phenoxy) is 2. The van der Waals surface area contributed by atoms with Crippen LogP contribution >= 0.6 is 44.1 Å². The van der Waals surface area contributed by atoms with Crippen LogP contribution in [0.1, 0.15) is 22.8 Å². The van der Waals surface area contributed by atoms with Crippen LogP contribution in [-0.4, -0.2) is 30.1 Å². The molecule has 0 saturated carbocycles. The van der Waals surface area contributed by atoms with Crippen LogP contribution in [0.15, 0.2) is 45.3 Å². The molecular weight excluding hydrogens is 526 g/mol. The monoisotopic (exact) mass is 543 g/mol. The average Bonchev–Trinajstić information content (AvgIpc) is 2.66. The van der Waals surface area contributed by atoms with Crippen LogP contribution in [-0.2, 0) is 4.79 Å². The maximum absolute atomic E-state index is 12.3. The van der Waals surface area contributed by atoms with Crippen LogP contribution in [0.5, 0.6) is 11.5 Å². The fourth-order valence-corrected chi connectivity index (χ4v) is 4.01. The second-order valence-corrected chi connectivity index (χ2v) is 7.89. The van der Waals surface area contributed by atoms with Crippen molar-refractivity contribution in [2.75, 3.05) is 13.2 Å². The number of hydrogen-bond donors (Lipinski definition) is 3. The Morgan fingerprint density at radius 2 is 1.83 bits per heavy atom. The molecule has 0 fully saturated rings. The number of carbonyl (C=O) groups is 2. The zero-order valence-electron chi connectivity index (χ0n) is 15.7. The van der Waals surface area contributed by atoms with Crippen LogP contribution in [0, 0.1) is 6.92 Å². The fourth-order valence-electron chi connectivity index (χ4n) is 2.31. The molecule has 2 aromatic carbocycles. The lowest BCUT2D eigenvalue weighted by Crippen LogP contribution is -2.49. The second kappa shape index (κ2) is 11.1. The van der Waals surface area contributed by atoms with E-state index in [-0.39, 0.29) is 11.7 Å². The SMILES string of the molecule is CCOc1ccccc1C(=O)NC(=S)NNC(=O)COc1c(C)cc(Br)cc1Br. The summed E-state index contributed by atoms with van der Waals surface area (Å²) in [6.45, 7) is 3.88. The van der Waals surface area contributed by atoms with Crippen LogP contribution in [0.2, 0.25) is 0 Å². The van der Waals surface area contributed by atoms with Gasteiger partial charge in [0.25, 0.3) is 11.8 Å². The number of hydrogen-bond acceptors (Lipinski definition) is 5. The minimum Gasteiger partial charge on any atom is -0.493 e. The van der Waals surface area contributed by atoms with E-state index in [0.29, 0.717) is 23.7 Å². The van der Waals surface area contributed by atoms with Gasteiger partial charge in [0, 0.05) is 4.47 Å². The van der Waals surface area contributed by atoms with Gasteiger partial charge in [-0.3, -0.25) is 25.8 Å². The molecule has 29 heavy (non-hydrogen) atoms. The lowest BCUT2D eigenvalue weighted by molar-refractivity contribution is -0.123. The van der Waals surface area contributed by atoms with Crippen molar-refractivity contribution < 1.29 is 19.1 Å². The maximum Gasteiger partial charge on any atom is 0.276 e. The first-order chi connectivity index (χ1) is 13.8. The van der Waals surface area contributed by atoms with Gasteiger partial charge in [-0.25, -0.2) is 0 Å². The summed E-state index contributed by atoms with van der Waals surface area (Å²) in [5.74, 6) is 0.0898. The first-order valence-corrected chi connectivity index (χ1v) is 10.5. The van der Waals surface area contributed by atoms with Gasteiger partial charge in [0.05, 0.1) is 16.6 Å². The first kappa shape index (κ1) is 23.1. The molecule has 2 amide bonds. The molecule has 0 aromatic heterocycles. The van der Waals surface area contributed by atoms with E-state index in [2.05, 4.69) is 48.0 Å². The number of aryl methyl sites for hydroxylation is 1. The second-order valence-electron chi connectivity index (χ2n) is 5.71. The van der Waals surface area contributed by atoms with Gasteiger partial charge >= 0.3 is 0 Å². The molecule has 0 aliphatic carbocycles. The predicted octanol–water partition coefficient (Wildman–Crippen LogP) is 3.63. The van der Waals surface area contributed by atoms with E-state index in [9.17, 15) is 9.59 Å². The molecule has 0 unspecified atom stereocenters. The van der Waals surface area contributed by atoms with Gasteiger partial charge in [0.1, 0.15) is 11.5 Å². The maximum atomic E-state index is 12.3. The van der Waals surface area contributed by atoms with Gasteiger partial charge in [0.15, 0.2) is 11.7 Å². The molecule has 7 nitrogen and oxygen atoms in total. The van der Waals surface area contributed by atoms with Gasteiger partial charge in [-0.05, 0) is 71.8 Å². The Balaban J connectivity index is 1.83.